The number of likely N-dealkylation sites (tertiary alicyclic amines) is 1. The Balaban J connectivity index is 1.92. The van der Waals surface area contributed by atoms with Crippen molar-refractivity contribution in [3.8, 4) is 0 Å². The Bertz CT molecular complexity index is 1070. The number of carbonyl (C=O) groups excluding carboxylic acids is 3. The maximum absolute atomic E-state index is 13.4. The molecule has 7 nitrogen and oxygen atoms in total. The first-order chi connectivity index (χ1) is 15.9. The third kappa shape index (κ3) is 5.28. The van der Waals surface area contributed by atoms with E-state index in [1.54, 1.807) is 11.3 Å². The molecule has 3 rings (SSSR count). The van der Waals surface area contributed by atoms with Crippen LogP contribution in [0.15, 0.2) is 41.3 Å². The summed E-state index contributed by atoms with van der Waals surface area (Å²) in [7, 11) is 1.56. The molecule has 2 unspecified atom stereocenters. The molecule has 2 heterocycles. The number of nitrogens with zero attached hydrogens (tertiary/aromatic N) is 2. The van der Waals surface area contributed by atoms with Gasteiger partial charge in [0.2, 0.25) is 14.9 Å². The lowest BCUT2D eigenvalue weighted by Crippen LogP contribution is -2.72. The zero-order chi connectivity index (χ0) is 25.3. The highest BCUT2D eigenvalue weighted by Crippen LogP contribution is 2.54. The number of ether oxygens (including phenoxy) is 1. The first kappa shape index (κ1) is 26.9. The molecule has 0 N–H and O–H groups in total. The van der Waals surface area contributed by atoms with Gasteiger partial charge in [-0.25, -0.2) is 9.78 Å². The van der Waals surface area contributed by atoms with E-state index in [9.17, 15) is 14.4 Å². The van der Waals surface area contributed by atoms with Crippen LogP contribution < -0.4 is 0 Å². The second-order valence-corrected chi connectivity index (χ2v) is 14.9. The minimum atomic E-state index is -1.17. The number of amides is 2. The normalized spacial score (nSPS) is 20.2. The molecule has 2 amide bonds. The average molecular weight is 538 g/mol. The van der Waals surface area contributed by atoms with Crippen LogP contribution in [0.1, 0.15) is 27.7 Å². The monoisotopic (exact) mass is 537 g/mol. The summed E-state index contributed by atoms with van der Waals surface area (Å²) in [6, 6.07) is 7.83. The van der Waals surface area contributed by atoms with Crippen molar-refractivity contribution in [3.63, 3.8) is 0 Å². The zero-order valence-electron chi connectivity index (χ0n) is 20.1. The zero-order valence-corrected chi connectivity index (χ0v) is 23.6. The Morgan fingerprint density at radius 3 is 2.53 bits per heavy atom. The SMILES string of the molecule is C=CCOC(=O)C(=O)N1C(=O)C([C@](C)(O[Si](C)C)C(C)(C)C)C1SSc1nc2ccccc2s1. The van der Waals surface area contributed by atoms with Gasteiger partial charge in [-0.2, -0.15) is 0 Å². The number of esters is 1. The van der Waals surface area contributed by atoms with Crippen molar-refractivity contribution >= 4 is 70.0 Å². The van der Waals surface area contributed by atoms with Crippen LogP contribution >= 0.6 is 32.9 Å². The topological polar surface area (TPSA) is 85.8 Å². The van der Waals surface area contributed by atoms with Crippen LogP contribution in [0.2, 0.25) is 13.1 Å². The summed E-state index contributed by atoms with van der Waals surface area (Å²) in [5, 5.41) is -0.612. The molecule has 1 aromatic carbocycles. The number of rotatable bonds is 8. The molecule has 11 heteroatoms. The first-order valence-electron chi connectivity index (χ1n) is 10.7. The van der Waals surface area contributed by atoms with Gasteiger partial charge in [0.1, 0.15) is 12.0 Å². The molecule has 3 atom stereocenters. The van der Waals surface area contributed by atoms with Gasteiger partial charge in [-0.1, -0.05) is 56.4 Å². The van der Waals surface area contributed by atoms with Gasteiger partial charge in [0.15, 0.2) is 4.34 Å². The van der Waals surface area contributed by atoms with E-state index in [0.29, 0.717) is 0 Å². The second kappa shape index (κ2) is 10.5. The maximum atomic E-state index is 13.4. The first-order valence-corrected chi connectivity index (χ1v) is 16.2. The van der Waals surface area contributed by atoms with Crippen LogP contribution in [0.3, 0.4) is 0 Å². The highest BCUT2D eigenvalue weighted by atomic mass is 33.1. The lowest BCUT2D eigenvalue weighted by Gasteiger charge is -2.56. The average Bonchev–Trinajstić information content (AvgIpc) is 3.16. The molecular formula is C23H29N2O5S3Si. The van der Waals surface area contributed by atoms with Crippen molar-refractivity contribution in [3.05, 3.63) is 36.9 Å². The fourth-order valence-electron chi connectivity index (χ4n) is 3.67. The highest BCUT2D eigenvalue weighted by Gasteiger charge is 2.64. The minimum absolute atomic E-state index is 0.103. The molecule has 1 fully saturated rings. The van der Waals surface area contributed by atoms with E-state index in [2.05, 4.69) is 11.6 Å². The number of thiazole rings is 1. The van der Waals surface area contributed by atoms with Crippen LogP contribution in [0, 0.1) is 11.3 Å². The molecule has 0 bridgehead atoms. The lowest BCUT2D eigenvalue weighted by atomic mass is 9.67. The molecule has 1 aliphatic heterocycles. The van der Waals surface area contributed by atoms with Crippen LogP contribution in [0.25, 0.3) is 10.2 Å². The standard InChI is InChI=1S/C23H29N2O5S3Si/c1-8-13-29-20(28)18(27)25-17(26)16(23(5,22(2,3)4)30-34(6)7)19(25)32-33-21-24-14-11-9-10-12-15(14)31-21/h8-12,16,19H,1,13H2,2-7H3/t16?,19?,23-/m0/s1. The van der Waals surface area contributed by atoms with Gasteiger partial charge in [-0.05, 0) is 48.4 Å². The maximum Gasteiger partial charge on any atom is 0.397 e. The number of aromatic nitrogens is 1. The van der Waals surface area contributed by atoms with E-state index in [-0.39, 0.29) is 6.61 Å². The molecule has 183 valence electrons. The second-order valence-electron chi connectivity index (χ2n) is 9.26. The minimum Gasteiger partial charge on any atom is -0.454 e. The third-order valence-electron chi connectivity index (χ3n) is 5.76. The van der Waals surface area contributed by atoms with Crippen molar-refractivity contribution in [2.45, 2.75) is 56.1 Å². The Labute approximate surface area is 213 Å². The Hall–Kier alpha value is -1.66. The summed E-state index contributed by atoms with van der Waals surface area (Å²) in [6.07, 6.45) is 1.37. The Morgan fingerprint density at radius 2 is 1.94 bits per heavy atom. The summed E-state index contributed by atoms with van der Waals surface area (Å²) in [5.41, 5.74) is -0.340. The highest BCUT2D eigenvalue weighted by molar-refractivity contribution is 8.77. The van der Waals surface area contributed by atoms with E-state index in [1.165, 1.54) is 27.7 Å². The number of β-lactam (4-membered cyclic amide) rings is 1. The van der Waals surface area contributed by atoms with Gasteiger partial charge in [-0.15, -0.1) is 11.3 Å². The molecule has 2 aromatic rings. The molecule has 1 aliphatic rings. The van der Waals surface area contributed by atoms with Crippen molar-refractivity contribution in [2.75, 3.05) is 6.61 Å². The van der Waals surface area contributed by atoms with Gasteiger partial charge in [0, 0.05) is 0 Å². The molecule has 0 aliphatic carbocycles. The van der Waals surface area contributed by atoms with Gasteiger partial charge in [-0.3, -0.25) is 14.5 Å². The van der Waals surface area contributed by atoms with E-state index in [0.717, 1.165) is 19.5 Å². The molecular weight excluding hydrogens is 509 g/mol. The molecule has 0 saturated carbocycles. The fourth-order valence-corrected chi connectivity index (χ4v) is 9.04. The van der Waals surface area contributed by atoms with Crippen molar-refractivity contribution < 1.29 is 23.5 Å². The summed E-state index contributed by atoms with van der Waals surface area (Å²) >= 11 is 1.54. The number of carbonyl (C=O) groups is 3. The lowest BCUT2D eigenvalue weighted by molar-refractivity contribution is -0.185. The third-order valence-corrected chi connectivity index (χ3v) is 10.6. The smallest absolute Gasteiger partial charge is 0.397 e. The van der Waals surface area contributed by atoms with Crippen LogP contribution in [-0.2, 0) is 23.5 Å². The number of hydrogen-bond donors (Lipinski definition) is 0. The quantitative estimate of drug-likeness (QED) is 0.114. The summed E-state index contributed by atoms with van der Waals surface area (Å²) in [6.45, 7) is 15.4. The largest absolute Gasteiger partial charge is 0.454 e. The van der Waals surface area contributed by atoms with Gasteiger partial charge >= 0.3 is 11.9 Å². The van der Waals surface area contributed by atoms with Crippen LogP contribution in [0.5, 0.6) is 0 Å². The van der Waals surface area contributed by atoms with Crippen LogP contribution in [-0.4, -0.2) is 54.3 Å². The summed E-state index contributed by atoms with van der Waals surface area (Å²) < 4.78 is 13.2. The number of fused-ring (bicyclic) bond motifs is 1. The number of hydrogen-bond acceptors (Lipinski definition) is 9. The number of benzene rings is 1. The van der Waals surface area contributed by atoms with Crippen molar-refractivity contribution in [2.24, 2.45) is 11.3 Å². The van der Waals surface area contributed by atoms with E-state index >= 15 is 0 Å². The van der Waals surface area contributed by atoms with Gasteiger partial charge < -0.3 is 9.16 Å². The van der Waals surface area contributed by atoms with E-state index < -0.39 is 49.1 Å². The Kier molecular flexibility index (Phi) is 8.34. The number of para-hydroxylation sites is 1. The van der Waals surface area contributed by atoms with Crippen molar-refractivity contribution in [1.29, 1.82) is 0 Å². The number of imide groups is 1. The summed E-state index contributed by atoms with van der Waals surface area (Å²) in [4.78, 5) is 44.2. The molecule has 34 heavy (non-hydrogen) atoms. The Morgan fingerprint density at radius 1 is 1.26 bits per heavy atom. The fraction of sp³-hybridized carbons (Fsp3) is 0.478. The summed E-state index contributed by atoms with van der Waals surface area (Å²) in [5.74, 6) is -3.09. The molecule has 1 radical (unpaired) electrons. The van der Waals surface area contributed by atoms with Gasteiger partial charge in [0.05, 0.1) is 21.7 Å². The molecule has 1 aromatic heterocycles. The van der Waals surface area contributed by atoms with Crippen LogP contribution in [0.4, 0.5) is 0 Å². The van der Waals surface area contributed by atoms with Crippen molar-refractivity contribution in [1.82, 2.24) is 9.88 Å². The van der Waals surface area contributed by atoms with Gasteiger partial charge in [0.25, 0.3) is 0 Å². The van der Waals surface area contributed by atoms with E-state index in [1.807, 2.05) is 65.1 Å². The van der Waals surface area contributed by atoms with E-state index in [4.69, 9.17) is 9.16 Å². The molecule has 1 saturated heterocycles. The predicted molar refractivity (Wildman–Crippen MR) is 140 cm³/mol. The molecule has 0 spiro atoms. The predicted octanol–water partition coefficient (Wildman–Crippen LogP) is 5.15.